The zero-order valence-electron chi connectivity index (χ0n) is 17.3. The van der Waals surface area contributed by atoms with Crippen molar-refractivity contribution in [2.45, 2.75) is 36.5 Å². The highest BCUT2D eigenvalue weighted by atomic mass is 32.2. The number of rotatable bonds is 4. The van der Waals surface area contributed by atoms with Crippen molar-refractivity contribution in [1.82, 2.24) is 18.4 Å². The van der Waals surface area contributed by atoms with Crippen molar-refractivity contribution in [1.29, 1.82) is 0 Å². The van der Waals surface area contributed by atoms with Crippen molar-refractivity contribution < 1.29 is 21.6 Å². The molecule has 1 saturated heterocycles. The van der Waals surface area contributed by atoms with Crippen molar-refractivity contribution >= 4 is 20.0 Å². The lowest BCUT2D eigenvalue weighted by atomic mass is 10.2. The van der Waals surface area contributed by atoms with E-state index in [4.69, 9.17) is 4.74 Å². The van der Waals surface area contributed by atoms with Crippen molar-refractivity contribution in [3.05, 3.63) is 35.2 Å². The standard InChI is InChI=1S/C19H26N4O5S2/c1-14-19(15(2)21(3)20-14)30(26,27)23-9-4-8-22(10-11-23)29(24,25)17-5-6-18-16(13-17)7-12-28-18/h5-6,13H,4,7-12H2,1-3H3. The van der Waals surface area contributed by atoms with E-state index in [1.54, 1.807) is 43.8 Å². The van der Waals surface area contributed by atoms with Gasteiger partial charge in [0.2, 0.25) is 20.0 Å². The zero-order chi connectivity index (χ0) is 21.7. The molecule has 0 unspecified atom stereocenters. The van der Waals surface area contributed by atoms with Crippen LogP contribution >= 0.6 is 0 Å². The topological polar surface area (TPSA) is 102 Å². The van der Waals surface area contributed by atoms with E-state index in [1.807, 2.05) is 0 Å². The SMILES string of the molecule is Cc1nn(C)c(C)c1S(=O)(=O)N1CCCN(S(=O)(=O)c2ccc3c(c2)CCO3)CC1. The van der Waals surface area contributed by atoms with Crippen molar-refractivity contribution in [2.24, 2.45) is 7.05 Å². The second-order valence-corrected chi connectivity index (χ2v) is 11.5. The number of sulfonamides is 2. The van der Waals surface area contributed by atoms with Crippen LogP contribution in [0.15, 0.2) is 28.0 Å². The van der Waals surface area contributed by atoms with Gasteiger partial charge in [-0.3, -0.25) is 4.68 Å². The third kappa shape index (κ3) is 3.53. The minimum absolute atomic E-state index is 0.101. The second-order valence-electron chi connectivity index (χ2n) is 7.65. The number of ether oxygens (including phenoxy) is 1. The summed E-state index contributed by atoms with van der Waals surface area (Å²) in [4.78, 5) is 0.432. The lowest BCUT2D eigenvalue weighted by Crippen LogP contribution is -2.37. The molecule has 11 heteroatoms. The molecule has 9 nitrogen and oxygen atoms in total. The van der Waals surface area contributed by atoms with Gasteiger partial charge in [-0.25, -0.2) is 16.8 Å². The van der Waals surface area contributed by atoms with Gasteiger partial charge in [-0.1, -0.05) is 0 Å². The number of nitrogens with zero attached hydrogens (tertiary/aromatic N) is 4. The first kappa shape index (κ1) is 21.3. The molecule has 0 atom stereocenters. The van der Waals surface area contributed by atoms with E-state index in [-0.39, 0.29) is 36.0 Å². The lowest BCUT2D eigenvalue weighted by Gasteiger charge is -2.22. The predicted molar refractivity (Wildman–Crippen MR) is 110 cm³/mol. The molecule has 2 aromatic rings. The summed E-state index contributed by atoms with van der Waals surface area (Å²) in [7, 11) is -5.76. The Bertz CT molecular complexity index is 1190. The molecule has 0 spiro atoms. The van der Waals surface area contributed by atoms with Gasteiger partial charge in [-0.2, -0.15) is 13.7 Å². The van der Waals surface area contributed by atoms with E-state index in [9.17, 15) is 16.8 Å². The second kappa shape index (κ2) is 7.63. The van der Waals surface area contributed by atoms with E-state index >= 15 is 0 Å². The van der Waals surface area contributed by atoms with E-state index in [1.165, 1.54) is 8.61 Å². The number of aromatic nitrogens is 2. The van der Waals surface area contributed by atoms with Gasteiger partial charge in [-0.15, -0.1) is 0 Å². The Labute approximate surface area is 177 Å². The van der Waals surface area contributed by atoms with Crippen LogP contribution < -0.4 is 4.74 Å². The fraction of sp³-hybridized carbons (Fsp3) is 0.526. The number of aryl methyl sites for hydroxylation is 2. The maximum absolute atomic E-state index is 13.2. The van der Waals surface area contributed by atoms with Crippen molar-refractivity contribution in [3.63, 3.8) is 0 Å². The van der Waals surface area contributed by atoms with Gasteiger partial charge in [-0.05, 0) is 44.0 Å². The number of hydrogen-bond donors (Lipinski definition) is 0. The molecule has 1 aromatic heterocycles. The summed E-state index contributed by atoms with van der Waals surface area (Å²) in [5, 5.41) is 4.21. The minimum Gasteiger partial charge on any atom is -0.493 e. The molecule has 0 saturated carbocycles. The van der Waals surface area contributed by atoms with Gasteiger partial charge in [0.25, 0.3) is 0 Å². The highest BCUT2D eigenvalue weighted by Gasteiger charge is 2.34. The van der Waals surface area contributed by atoms with Crippen molar-refractivity contribution in [2.75, 3.05) is 32.8 Å². The summed E-state index contributed by atoms with van der Waals surface area (Å²) >= 11 is 0. The van der Waals surface area contributed by atoms with Crippen LogP contribution in [0.1, 0.15) is 23.4 Å². The van der Waals surface area contributed by atoms with Crippen LogP contribution in [0.25, 0.3) is 0 Å². The summed E-state index contributed by atoms with van der Waals surface area (Å²) in [5.74, 6) is 0.726. The summed E-state index contributed by atoms with van der Waals surface area (Å²) in [6, 6.07) is 4.92. The molecule has 0 N–H and O–H groups in total. The molecule has 0 amide bonds. The minimum atomic E-state index is -3.76. The van der Waals surface area contributed by atoms with Crippen LogP contribution in [0.4, 0.5) is 0 Å². The molecule has 0 radical (unpaired) electrons. The Morgan fingerprint density at radius 2 is 1.63 bits per heavy atom. The smallest absolute Gasteiger partial charge is 0.246 e. The van der Waals surface area contributed by atoms with E-state index in [0.29, 0.717) is 30.8 Å². The summed E-state index contributed by atoms with van der Waals surface area (Å²) in [6.07, 6.45) is 1.11. The first-order valence-corrected chi connectivity index (χ1v) is 12.8. The Morgan fingerprint density at radius 1 is 0.967 bits per heavy atom. The third-order valence-corrected chi connectivity index (χ3v) is 9.80. The van der Waals surface area contributed by atoms with Gasteiger partial charge in [0, 0.05) is 39.6 Å². The van der Waals surface area contributed by atoms with E-state index in [2.05, 4.69) is 5.10 Å². The quantitative estimate of drug-likeness (QED) is 0.685. The van der Waals surface area contributed by atoms with Crippen LogP contribution in [-0.2, 0) is 33.5 Å². The van der Waals surface area contributed by atoms with Crippen LogP contribution in [0.2, 0.25) is 0 Å². The maximum Gasteiger partial charge on any atom is 0.246 e. The Hall–Kier alpha value is -1.95. The molecule has 2 aliphatic rings. The molecule has 164 valence electrons. The zero-order valence-corrected chi connectivity index (χ0v) is 19.0. The maximum atomic E-state index is 13.2. The average molecular weight is 455 g/mol. The fourth-order valence-corrected chi connectivity index (χ4v) is 7.47. The molecule has 1 aromatic carbocycles. The molecule has 0 bridgehead atoms. The predicted octanol–water partition coefficient (Wildman–Crippen LogP) is 1.06. The normalized spacial score (nSPS) is 18.8. The van der Waals surface area contributed by atoms with Gasteiger partial charge in [0.05, 0.1) is 22.9 Å². The first-order chi connectivity index (χ1) is 14.1. The number of hydrogen-bond acceptors (Lipinski definition) is 6. The molecule has 2 aliphatic heterocycles. The molecule has 4 rings (SSSR count). The number of benzene rings is 1. The third-order valence-electron chi connectivity index (χ3n) is 5.75. The summed E-state index contributed by atoms with van der Waals surface area (Å²) < 4.78 is 62.6. The highest BCUT2D eigenvalue weighted by molar-refractivity contribution is 7.89. The molecule has 30 heavy (non-hydrogen) atoms. The highest BCUT2D eigenvalue weighted by Crippen LogP contribution is 2.30. The fourth-order valence-electron chi connectivity index (χ4n) is 4.08. The van der Waals surface area contributed by atoms with Crippen LogP contribution in [0.5, 0.6) is 5.75 Å². The van der Waals surface area contributed by atoms with Gasteiger partial charge < -0.3 is 4.74 Å². The van der Waals surface area contributed by atoms with Crippen LogP contribution in [0.3, 0.4) is 0 Å². The van der Waals surface area contributed by atoms with Crippen LogP contribution in [0, 0.1) is 13.8 Å². The Balaban J connectivity index is 1.57. The van der Waals surface area contributed by atoms with Crippen molar-refractivity contribution in [3.8, 4) is 5.75 Å². The lowest BCUT2D eigenvalue weighted by molar-refractivity contribution is 0.356. The number of fused-ring (bicyclic) bond motifs is 1. The Kier molecular flexibility index (Phi) is 5.41. The monoisotopic (exact) mass is 454 g/mol. The average Bonchev–Trinajstić information content (AvgIpc) is 3.13. The van der Waals surface area contributed by atoms with Gasteiger partial charge >= 0.3 is 0 Å². The largest absolute Gasteiger partial charge is 0.493 e. The first-order valence-electron chi connectivity index (χ1n) is 9.88. The molecular formula is C19H26N4O5S2. The molecule has 3 heterocycles. The van der Waals surface area contributed by atoms with E-state index < -0.39 is 20.0 Å². The molecule has 1 fully saturated rings. The Morgan fingerprint density at radius 3 is 2.27 bits per heavy atom. The van der Waals surface area contributed by atoms with Crippen LogP contribution in [-0.4, -0.2) is 68.0 Å². The van der Waals surface area contributed by atoms with Gasteiger partial charge in [0.1, 0.15) is 10.6 Å². The molecular weight excluding hydrogens is 428 g/mol. The van der Waals surface area contributed by atoms with Gasteiger partial charge in [0.15, 0.2) is 0 Å². The molecule has 0 aliphatic carbocycles. The summed E-state index contributed by atoms with van der Waals surface area (Å²) in [5.41, 5.74) is 1.91. The summed E-state index contributed by atoms with van der Waals surface area (Å²) in [6.45, 7) is 4.69. The van der Waals surface area contributed by atoms with E-state index in [0.717, 1.165) is 11.3 Å².